The maximum Gasteiger partial charge on any atom is 0.337 e. The highest BCUT2D eigenvalue weighted by atomic mass is 16.4. The third kappa shape index (κ3) is 3.62. The van der Waals surface area contributed by atoms with E-state index < -0.39 is 5.97 Å². The van der Waals surface area contributed by atoms with Gasteiger partial charge < -0.3 is 14.9 Å². The molecule has 1 fully saturated rings. The van der Waals surface area contributed by atoms with E-state index in [0.29, 0.717) is 23.0 Å². The Labute approximate surface area is 153 Å². The molecule has 1 N–H and O–H groups in total. The van der Waals surface area contributed by atoms with Crippen LogP contribution in [0.25, 0.3) is 0 Å². The Morgan fingerprint density at radius 2 is 2.15 bits per heavy atom. The molecule has 1 aromatic carbocycles. The van der Waals surface area contributed by atoms with Gasteiger partial charge in [-0.2, -0.15) is 5.26 Å². The number of hydrogen-bond acceptors (Lipinski definition) is 5. The van der Waals surface area contributed by atoms with Gasteiger partial charge >= 0.3 is 5.97 Å². The first-order chi connectivity index (χ1) is 12.5. The Balaban J connectivity index is 1.73. The summed E-state index contributed by atoms with van der Waals surface area (Å²) in [5.74, 6) is -0.0452. The van der Waals surface area contributed by atoms with E-state index in [1.165, 1.54) is 11.8 Å². The molecule has 1 aliphatic heterocycles. The average Bonchev–Trinajstić information content (AvgIpc) is 3.10. The van der Waals surface area contributed by atoms with Crippen LogP contribution in [0.1, 0.15) is 28.0 Å². The molecule has 1 saturated heterocycles. The third-order valence-corrected chi connectivity index (χ3v) is 4.84. The second-order valence-corrected chi connectivity index (χ2v) is 6.73. The van der Waals surface area contributed by atoms with E-state index in [1.54, 1.807) is 6.92 Å². The molecular weight excluding hydrogens is 328 g/mol. The highest BCUT2D eigenvalue weighted by Crippen LogP contribution is 2.26. The average molecular weight is 350 g/mol. The fraction of sp³-hybridized carbons (Fsp3) is 0.350. The number of carbonyl (C=O) groups is 1. The lowest BCUT2D eigenvalue weighted by atomic mass is 10.1. The van der Waals surface area contributed by atoms with Crippen molar-refractivity contribution in [3.05, 3.63) is 53.2 Å². The lowest BCUT2D eigenvalue weighted by Gasteiger charge is -2.24. The van der Waals surface area contributed by atoms with E-state index in [1.807, 2.05) is 30.1 Å². The molecule has 2 aromatic rings. The summed E-state index contributed by atoms with van der Waals surface area (Å²) in [4.78, 5) is 20.0. The molecule has 1 aliphatic rings. The largest absolute Gasteiger partial charge is 0.478 e. The van der Waals surface area contributed by atoms with Crippen molar-refractivity contribution in [2.45, 2.75) is 13.3 Å². The van der Waals surface area contributed by atoms with Gasteiger partial charge in [0, 0.05) is 32.4 Å². The van der Waals surface area contributed by atoms with Crippen molar-refractivity contribution in [1.29, 1.82) is 5.26 Å². The predicted molar refractivity (Wildman–Crippen MR) is 101 cm³/mol. The number of anilines is 2. The minimum atomic E-state index is -1.06. The van der Waals surface area contributed by atoms with Gasteiger partial charge in [0.15, 0.2) is 0 Å². The molecule has 1 unspecified atom stereocenters. The second-order valence-electron chi connectivity index (χ2n) is 6.73. The van der Waals surface area contributed by atoms with Gasteiger partial charge in [-0.1, -0.05) is 18.2 Å². The summed E-state index contributed by atoms with van der Waals surface area (Å²) in [6.45, 7) is 4.41. The molecule has 6 nitrogen and oxygen atoms in total. The number of benzene rings is 1. The van der Waals surface area contributed by atoms with Crippen molar-refractivity contribution in [3.8, 4) is 6.07 Å². The van der Waals surface area contributed by atoms with Crippen molar-refractivity contribution in [2.75, 3.05) is 36.5 Å². The van der Waals surface area contributed by atoms with Gasteiger partial charge in [-0.15, -0.1) is 0 Å². The predicted octanol–water partition coefficient (Wildman–Crippen LogP) is 2.92. The first-order valence-corrected chi connectivity index (χ1v) is 8.65. The fourth-order valence-corrected chi connectivity index (χ4v) is 3.51. The minimum Gasteiger partial charge on any atom is -0.478 e. The Morgan fingerprint density at radius 1 is 1.42 bits per heavy atom. The van der Waals surface area contributed by atoms with E-state index >= 15 is 0 Å². The summed E-state index contributed by atoms with van der Waals surface area (Å²) >= 11 is 0. The van der Waals surface area contributed by atoms with Crippen molar-refractivity contribution < 1.29 is 9.90 Å². The molecule has 3 rings (SSSR count). The molecule has 0 saturated carbocycles. The van der Waals surface area contributed by atoms with Crippen LogP contribution in [0.5, 0.6) is 0 Å². The summed E-state index contributed by atoms with van der Waals surface area (Å²) < 4.78 is 0. The topological polar surface area (TPSA) is 80.5 Å². The van der Waals surface area contributed by atoms with Crippen molar-refractivity contribution >= 4 is 17.5 Å². The molecule has 0 spiro atoms. The standard InChI is InChI=1S/C20H22N4O2/c1-14-18(20(25)26)10-16(11-21)19(22-14)23(2)12-15-8-9-24(13-15)17-6-4-3-5-7-17/h3-7,10,15H,8-9,12-13H2,1-2H3,(H,25,26). The van der Waals surface area contributed by atoms with E-state index in [0.717, 1.165) is 26.1 Å². The van der Waals surface area contributed by atoms with Crippen LogP contribution in [-0.4, -0.2) is 42.7 Å². The van der Waals surface area contributed by atoms with Gasteiger partial charge in [-0.3, -0.25) is 0 Å². The zero-order chi connectivity index (χ0) is 18.7. The van der Waals surface area contributed by atoms with Crippen LogP contribution in [-0.2, 0) is 0 Å². The molecule has 6 heteroatoms. The lowest BCUT2D eigenvalue weighted by Crippen LogP contribution is -2.29. The zero-order valence-electron chi connectivity index (χ0n) is 15.0. The quantitative estimate of drug-likeness (QED) is 0.893. The van der Waals surface area contributed by atoms with E-state index in [-0.39, 0.29) is 5.56 Å². The number of rotatable bonds is 5. The van der Waals surface area contributed by atoms with Crippen LogP contribution in [0.3, 0.4) is 0 Å². The van der Waals surface area contributed by atoms with Crippen molar-refractivity contribution in [3.63, 3.8) is 0 Å². The van der Waals surface area contributed by atoms with Crippen LogP contribution in [0.15, 0.2) is 36.4 Å². The van der Waals surface area contributed by atoms with Gasteiger partial charge in [-0.05, 0) is 37.5 Å². The van der Waals surface area contributed by atoms with Gasteiger partial charge in [0.05, 0.1) is 16.8 Å². The number of nitrogens with zero attached hydrogens (tertiary/aromatic N) is 4. The molecular formula is C20H22N4O2. The normalized spacial score (nSPS) is 16.3. The summed E-state index contributed by atoms with van der Waals surface area (Å²) in [5, 5.41) is 18.6. The number of carboxylic acid groups (broad SMARTS) is 1. The summed E-state index contributed by atoms with van der Waals surface area (Å²) in [5.41, 5.74) is 2.04. The molecule has 0 bridgehead atoms. The van der Waals surface area contributed by atoms with E-state index in [9.17, 15) is 15.2 Å². The van der Waals surface area contributed by atoms with Crippen molar-refractivity contribution in [2.24, 2.45) is 5.92 Å². The number of aromatic nitrogens is 1. The number of aryl methyl sites for hydroxylation is 1. The summed E-state index contributed by atoms with van der Waals surface area (Å²) in [7, 11) is 1.91. The van der Waals surface area contributed by atoms with E-state index in [4.69, 9.17) is 0 Å². The summed E-state index contributed by atoms with van der Waals surface area (Å²) in [6.07, 6.45) is 1.08. The second kappa shape index (κ2) is 7.44. The van der Waals surface area contributed by atoms with Gasteiger partial charge in [0.1, 0.15) is 11.9 Å². The Kier molecular flexibility index (Phi) is 5.08. The monoisotopic (exact) mass is 350 g/mol. The highest BCUT2D eigenvalue weighted by molar-refractivity contribution is 5.89. The van der Waals surface area contributed by atoms with E-state index in [2.05, 4.69) is 28.1 Å². The fourth-order valence-electron chi connectivity index (χ4n) is 3.51. The SMILES string of the molecule is Cc1nc(N(C)CC2CCN(c3ccccc3)C2)c(C#N)cc1C(=O)O. The van der Waals surface area contributed by atoms with Crippen LogP contribution < -0.4 is 9.80 Å². The van der Waals surface area contributed by atoms with Gasteiger partial charge in [-0.25, -0.2) is 9.78 Å². The number of nitriles is 1. The smallest absolute Gasteiger partial charge is 0.337 e. The Morgan fingerprint density at radius 3 is 2.81 bits per heavy atom. The minimum absolute atomic E-state index is 0.0785. The molecule has 1 aromatic heterocycles. The van der Waals surface area contributed by atoms with Gasteiger partial charge in [0.25, 0.3) is 0 Å². The Bertz CT molecular complexity index is 845. The summed E-state index contributed by atoms with van der Waals surface area (Å²) in [6, 6.07) is 13.8. The highest BCUT2D eigenvalue weighted by Gasteiger charge is 2.25. The number of para-hydroxylation sites is 1. The van der Waals surface area contributed by atoms with Crippen LogP contribution in [0.4, 0.5) is 11.5 Å². The number of pyridine rings is 1. The molecule has 0 radical (unpaired) electrons. The molecule has 0 amide bonds. The molecule has 2 heterocycles. The molecule has 134 valence electrons. The molecule has 1 atom stereocenters. The lowest BCUT2D eigenvalue weighted by molar-refractivity contribution is 0.0695. The molecule has 26 heavy (non-hydrogen) atoms. The maximum atomic E-state index is 11.3. The van der Waals surface area contributed by atoms with Crippen molar-refractivity contribution in [1.82, 2.24) is 4.98 Å². The zero-order valence-corrected chi connectivity index (χ0v) is 15.0. The Hall–Kier alpha value is -3.07. The third-order valence-electron chi connectivity index (χ3n) is 4.84. The maximum absolute atomic E-state index is 11.3. The number of hydrogen-bond donors (Lipinski definition) is 1. The van der Waals surface area contributed by atoms with Crippen LogP contribution in [0.2, 0.25) is 0 Å². The number of carboxylic acids is 1. The first-order valence-electron chi connectivity index (χ1n) is 8.65. The van der Waals surface area contributed by atoms with Crippen LogP contribution in [0, 0.1) is 24.2 Å². The van der Waals surface area contributed by atoms with Gasteiger partial charge in [0.2, 0.25) is 0 Å². The first kappa shape index (κ1) is 17.7. The molecule has 0 aliphatic carbocycles. The van der Waals surface area contributed by atoms with Crippen LogP contribution >= 0.6 is 0 Å². The number of aromatic carboxylic acids is 1.